The van der Waals surface area contributed by atoms with Crippen molar-refractivity contribution in [3.8, 4) is 0 Å². The van der Waals surface area contributed by atoms with Gasteiger partial charge in [0.1, 0.15) is 6.04 Å². The van der Waals surface area contributed by atoms with Crippen molar-refractivity contribution in [2.24, 2.45) is 16.7 Å². The molecule has 0 spiro atoms. The van der Waals surface area contributed by atoms with Crippen molar-refractivity contribution in [3.05, 3.63) is 0 Å². The van der Waals surface area contributed by atoms with E-state index in [1.165, 1.54) is 0 Å². The molecule has 3 heteroatoms. The summed E-state index contributed by atoms with van der Waals surface area (Å²) in [6.45, 7) is 12.6. The summed E-state index contributed by atoms with van der Waals surface area (Å²) in [6, 6.07) is -0.135. The number of nitrogens with one attached hydrogen (secondary N) is 1. The maximum Gasteiger partial charge on any atom is 0.320 e. The van der Waals surface area contributed by atoms with Crippen molar-refractivity contribution in [2.75, 3.05) is 0 Å². The summed E-state index contributed by atoms with van der Waals surface area (Å²) in [5.74, 6) is -0.627. The minimum absolute atomic E-state index is 0.120. The van der Waals surface area contributed by atoms with Gasteiger partial charge < -0.3 is 10.4 Å². The van der Waals surface area contributed by atoms with Gasteiger partial charge in [-0.2, -0.15) is 0 Å². The van der Waals surface area contributed by atoms with E-state index in [-0.39, 0.29) is 16.7 Å². The third-order valence-corrected chi connectivity index (χ3v) is 4.30. The Morgan fingerprint density at radius 2 is 1.60 bits per heavy atom. The van der Waals surface area contributed by atoms with Gasteiger partial charge in [-0.1, -0.05) is 41.5 Å². The fourth-order valence-electron chi connectivity index (χ4n) is 2.34. The molecule has 0 aliphatic heterocycles. The van der Waals surface area contributed by atoms with Crippen LogP contribution in [0.2, 0.25) is 0 Å². The highest BCUT2D eigenvalue weighted by Crippen LogP contribution is 2.62. The van der Waals surface area contributed by atoms with E-state index < -0.39 is 12.0 Å². The number of hydrogen-bond donors (Lipinski definition) is 2. The van der Waals surface area contributed by atoms with Crippen LogP contribution in [0.4, 0.5) is 0 Å². The number of carboxylic acids is 1. The fourth-order valence-corrected chi connectivity index (χ4v) is 2.34. The van der Waals surface area contributed by atoms with E-state index in [9.17, 15) is 4.79 Å². The lowest BCUT2D eigenvalue weighted by atomic mass is 10.0. The van der Waals surface area contributed by atoms with Gasteiger partial charge in [-0.3, -0.25) is 4.79 Å². The van der Waals surface area contributed by atoms with E-state index in [4.69, 9.17) is 5.11 Å². The second kappa shape index (κ2) is 3.48. The standard InChI is InChI=1S/C12H23NO2/c1-7(2)8(9(14)15)13-10-11(3,4)12(10,5)6/h7-8,10,13H,1-6H3,(H,14,15). The van der Waals surface area contributed by atoms with Crippen LogP contribution in [0.25, 0.3) is 0 Å². The molecule has 1 aliphatic rings. The lowest BCUT2D eigenvalue weighted by molar-refractivity contribution is -0.140. The van der Waals surface area contributed by atoms with Crippen LogP contribution in [0.1, 0.15) is 41.5 Å². The van der Waals surface area contributed by atoms with E-state index in [1.807, 2.05) is 13.8 Å². The Morgan fingerprint density at radius 3 is 1.80 bits per heavy atom. The summed E-state index contributed by atoms with van der Waals surface area (Å²) in [5, 5.41) is 12.4. The zero-order valence-electron chi connectivity index (χ0n) is 10.6. The highest BCUT2D eigenvalue weighted by molar-refractivity contribution is 5.74. The first-order valence-corrected chi connectivity index (χ1v) is 5.61. The van der Waals surface area contributed by atoms with Crippen molar-refractivity contribution in [3.63, 3.8) is 0 Å². The molecule has 0 aromatic carbocycles. The smallest absolute Gasteiger partial charge is 0.320 e. The molecular formula is C12H23NO2. The Balaban J connectivity index is 2.67. The fraction of sp³-hybridized carbons (Fsp3) is 0.917. The molecule has 0 radical (unpaired) electrons. The Bertz CT molecular complexity index is 255. The molecule has 0 bridgehead atoms. The summed E-state index contributed by atoms with van der Waals surface area (Å²) < 4.78 is 0. The number of carboxylic acid groups (broad SMARTS) is 1. The maximum atomic E-state index is 11.1. The molecule has 1 unspecified atom stereocenters. The normalized spacial score (nSPS) is 25.3. The van der Waals surface area contributed by atoms with Gasteiger partial charge in [-0.05, 0) is 16.7 Å². The molecule has 1 saturated carbocycles. The average Bonchev–Trinajstić information content (AvgIpc) is 2.38. The quantitative estimate of drug-likeness (QED) is 0.752. The van der Waals surface area contributed by atoms with Crippen molar-refractivity contribution in [2.45, 2.75) is 53.6 Å². The molecule has 0 aromatic heterocycles. The third-order valence-electron chi connectivity index (χ3n) is 4.30. The van der Waals surface area contributed by atoms with Gasteiger partial charge in [0.25, 0.3) is 0 Å². The lowest BCUT2D eigenvalue weighted by Gasteiger charge is -2.19. The topological polar surface area (TPSA) is 49.3 Å². The van der Waals surface area contributed by atoms with E-state index in [0.29, 0.717) is 6.04 Å². The molecule has 15 heavy (non-hydrogen) atoms. The molecule has 0 amide bonds. The van der Waals surface area contributed by atoms with Crippen molar-refractivity contribution >= 4 is 5.97 Å². The van der Waals surface area contributed by atoms with Crippen LogP contribution in [0, 0.1) is 16.7 Å². The van der Waals surface area contributed by atoms with Gasteiger partial charge in [-0.25, -0.2) is 0 Å². The number of aliphatic carboxylic acids is 1. The average molecular weight is 213 g/mol. The first-order chi connectivity index (χ1) is 6.62. The van der Waals surface area contributed by atoms with Crippen molar-refractivity contribution in [1.82, 2.24) is 5.32 Å². The molecule has 88 valence electrons. The summed E-state index contributed by atoms with van der Waals surface area (Å²) in [5.41, 5.74) is 0.380. The summed E-state index contributed by atoms with van der Waals surface area (Å²) in [4.78, 5) is 11.1. The summed E-state index contributed by atoms with van der Waals surface area (Å²) >= 11 is 0. The van der Waals surface area contributed by atoms with Gasteiger partial charge in [0.05, 0.1) is 0 Å². The van der Waals surface area contributed by atoms with Gasteiger partial charge in [0.2, 0.25) is 0 Å². The first-order valence-electron chi connectivity index (χ1n) is 5.61. The number of hydrogen-bond acceptors (Lipinski definition) is 2. The van der Waals surface area contributed by atoms with E-state index >= 15 is 0 Å². The maximum absolute atomic E-state index is 11.1. The highest BCUT2D eigenvalue weighted by Gasteiger charge is 2.65. The van der Waals surface area contributed by atoms with Crippen LogP contribution in [0.5, 0.6) is 0 Å². The molecule has 1 fully saturated rings. The Kier molecular flexibility index (Phi) is 2.90. The summed E-state index contributed by atoms with van der Waals surface area (Å²) in [7, 11) is 0. The predicted octanol–water partition coefficient (Wildman–Crippen LogP) is 2.12. The van der Waals surface area contributed by atoms with E-state index in [2.05, 4.69) is 33.0 Å². The second-order valence-electron chi connectivity index (χ2n) is 6.10. The largest absolute Gasteiger partial charge is 0.480 e. The summed E-state index contributed by atoms with van der Waals surface area (Å²) in [6.07, 6.45) is 0. The van der Waals surface area contributed by atoms with Crippen LogP contribution in [-0.4, -0.2) is 23.2 Å². The molecule has 1 aliphatic carbocycles. The van der Waals surface area contributed by atoms with E-state index in [1.54, 1.807) is 0 Å². The SMILES string of the molecule is CC(C)C(NC1C(C)(C)C1(C)C)C(=O)O. The van der Waals surface area contributed by atoms with Crippen molar-refractivity contribution in [1.29, 1.82) is 0 Å². The molecule has 0 saturated heterocycles. The molecule has 2 N–H and O–H groups in total. The molecule has 0 heterocycles. The van der Waals surface area contributed by atoms with Crippen LogP contribution < -0.4 is 5.32 Å². The van der Waals surface area contributed by atoms with E-state index in [0.717, 1.165) is 0 Å². The number of carbonyl (C=O) groups is 1. The Hall–Kier alpha value is -0.570. The second-order valence-corrected chi connectivity index (χ2v) is 6.10. The van der Waals surface area contributed by atoms with Crippen LogP contribution in [0.15, 0.2) is 0 Å². The monoisotopic (exact) mass is 213 g/mol. The molecular weight excluding hydrogens is 190 g/mol. The van der Waals surface area contributed by atoms with Gasteiger partial charge in [0.15, 0.2) is 0 Å². The Labute approximate surface area is 92.3 Å². The van der Waals surface area contributed by atoms with Crippen LogP contribution in [-0.2, 0) is 4.79 Å². The predicted molar refractivity (Wildman–Crippen MR) is 60.7 cm³/mol. The van der Waals surface area contributed by atoms with Crippen molar-refractivity contribution < 1.29 is 9.90 Å². The minimum atomic E-state index is -0.747. The zero-order chi connectivity index (χ0) is 12.0. The molecule has 3 nitrogen and oxygen atoms in total. The van der Waals surface area contributed by atoms with Crippen LogP contribution >= 0.6 is 0 Å². The van der Waals surface area contributed by atoms with Crippen LogP contribution in [0.3, 0.4) is 0 Å². The third kappa shape index (κ3) is 1.89. The first kappa shape index (κ1) is 12.5. The lowest BCUT2D eigenvalue weighted by Crippen LogP contribution is -2.44. The number of rotatable bonds is 4. The van der Waals surface area contributed by atoms with Gasteiger partial charge in [0, 0.05) is 6.04 Å². The molecule has 1 rings (SSSR count). The zero-order valence-corrected chi connectivity index (χ0v) is 10.6. The Morgan fingerprint density at radius 1 is 1.20 bits per heavy atom. The minimum Gasteiger partial charge on any atom is -0.480 e. The van der Waals surface area contributed by atoms with Gasteiger partial charge in [-0.15, -0.1) is 0 Å². The van der Waals surface area contributed by atoms with Gasteiger partial charge >= 0.3 is 5.97 Å². The molecule has 0 aromatic rings. The molecule has 1 atom stereocenters. The highest BCUT2D eigenvalue weighted by atomic mass is 16.4.